The zero-order chi connectivity index (χ0) is 18.6. The third-order valence-electron chi connectivity index (χ3n) is 5.79. The molecule has 1 fully saturated rings. The summed E-state index contributed by atoms with van der Waals surface area (Å²) in [5.74, 6) is 0.246. The Hall–Kier alpha value is -2.44. The minimum atomic E-state index is -3.63. The van der Waals surface area contributed by atoms with E-state index < -0.39 is 10.0 Å². The van der Waals surface area contributed by atoms with E-state index in [0.29, 0.717) is 18.0 Å². The van der Waals surface area contributed by atoms with Crippen molar-refractivity contribution in [3.05, 3.63) is 76.7 Å². The molecule has 1 aromatic heterocycles. The summed E-state index contributed by atoms with van der Waals surface area (Å²) in [6, 6.07) is 18.2. The summed E-state index contributed by atoms with van der Waals surface area (Å²) in [5, 5.41) is 1.66. The molecule has 27 heavy (non-hydrogen) atoms. The molecule has 6 heteroatoms. The van der Waals surface area contributed by atoms with Crippen molar-refractivity contribution in [3.8, 4) is 0 Å². The molecule has 138 valence electrons. The van der Waals surface area contributed by atoms with Gasteiger partial charge in [0.2, 0.25) is 10.0 Å². The Morgan fingerprint density at radius 2 is 1.67 bits per heavy atom. The van der Waals surface area contributed by atoms with E-state index in [9.17, 15) is 13.2 Å². The molecule has 1 saturated heterocycles. The Labute approximate surface area is 157 Å². The summed E-state index contributed by atoms with van der Waals surface area (Å²) in [6.45, 7) is 0.851. The van der Waals surface area contributed by atoms with Crippen LogP contribution in [0.1, 0.15) is 18.2 Å². The molecule has 0 saturated carbocycles. The zero-order valence-corrected chi connectivity index (χ0v) is 15.6. The zero-order valence-electron chi connectivity index (χ0n) is 14.8. The maximum atomic E-state index is 13.5. The van der Waals surface area contributed by atoms with E-state index in [1.807, 2.05) is 36.4 Å². The van der Waals surface area contributed by atoms with Gasteiger partial charge < -0.3 is 4.57 Å². The lowest BCUT2D eigenvalue weighted by Crippen LogP contribution is -2.50. The molecule has 2 aromatic carbocycles. The average Bonchev–Trinajstić information content (AvgIpc) is 2.67. The minimum absolute atomic E-state index is 0.0413. The van der Waals surface area contributed by atoms with E-state index in [1.165, 1.54) is 0 Å². The van der Waals surface area contributed by atoms with Gasteiger partial charge in [0.15, 0.2) is 0 Å². The standard InChI is InChI=1S/C21H20N2O3S/c24-21-10-4-7-17-11-15-12-18(23(17)21)14-22(13-15)27(25,26)20-9-3-6-16-5-1-2-8-19(16)20/h1-10,15,18H,11-14H2/t15-,18-/m0/s1. The number of nitrogens with zero attached hydrogens (tertiary/aromatic N) is 2. The fourth-order valence-electron chi connectivity index (χ4n) is 4.64. The second kappa shape index (κ2) is 6.04. The maximum absolute atomic E-state index is 13.5. The second-order valence-electron chi connectivity index (χ2n) is 7.48. The van der Waals surface area contributed by atoms with Gasteiger partial charge >= 0.3 is 0 Å². The van der Waals surface area contributed by atoms with E-state index in [1.54, 1.807) is 33.1 Å². The number of sulfonamides is 1. The Bertz CT molecular complexity index is 1190. The van der Waals surface area contributed by atoms with Gasteiger partial charge in [-0.1, -0.05) is 42.5 Å². The first-order chi connectivity index (χ1) is 13.0. The molecule has 2 aliphatic rings. The lowest BCUT2D eigenvalue weighted by Gasteiger charge is -2.42. The number of hydrogen-bond donors (Lipinski definition) is 0. The van der Waals surface area contributed by atoms with Gasteiger partial charge in [0.25, 0.3) is 5.56 Å². The van der Waals surface area contributed by atoms with Crippen LogP contribution in [0, 0.1) is 5.92 Å². The van der Waals surface area contributed by atoms with Gasteiger partial charge in [0.05, 0.1) is 10.9 Å². The van der Waals surface area contributed by atoms with Crippen LogP contribution in [0.3, 0.4) is 0 Å². The Morgan fingerprint density at radius 3 is 2.56 bits per heavy atom. The van der Waals surface area contributed by atoms with Crippen LogP contribution < -0.4 is 5.56 Å². The molecule has 0 radical (unpaired) electrons. The number of benzene rings is 2. The first-order valence-electron chi connectivity index (χ1n) is 9.22. The third kappa shape index (κ3) is 2.63. The highest BCUT2D eigenvalue weighted by molar-refractivity contribution is 7.89. The van der Waals surface area contributed by atoms with Crippen LogP contribution in [0.5, 0.6) is 0 Å². The Kier molecular flexibility index (Phi) is 3.74. The van der Waals surface area contributed by atoms with E-state index in [-0.39, 0.29) is 17.5 Å². The maximum Gasteiger partial charge on any atom is 0.251 e. The lowest BCUT2D eigenvalue weighted by atomic mass is 9.87. The molecule has 3 heterocycles. The summed E-state index contributed by atoms with van der Waals surface area (Å²) < 4.78 is 30.3. The van der Waals surface area contributed by atoms with Crippen molar-refractivity contribution >= 4 is 20.8 Å². The van der Waals surface area contributed by atoms with E-state index >= 15 is 0 Å². The highest BCUT2D eigenvalue weighted by Gasteiger charge is 2.39. The van der Waals surface area contributed by atoms with Crippen molar-refractivity contribution in [3.63, 3.8) is 0 Å². The van der Waals surface area contributed by atoms with Crippen molar-refractivity contribution < 1.29 is 8.42 Å². The molecule has 2 atom stereocenters. The molecule has 5 nitrogen and oxygen atoms in total. The predicted octanol–water partition coefficient (Wildman–Crippen LogP) is 2.81. The van der Waals surface area contributed by atoms with Gasteiger partial charge in [0.1, 0.15) is 0 Å². The summed E-state index contributed by atoms with van der Waals surface area (Å²) in [7, 11) is -3.63. The number of aromatic nitrogens is 1. The van der Waals surface area contributed by atoms with Crippen LogP contribution in [0.4, 0.5) is 0 Å². The third-order valence-corrected chi connectivity index (χ3v) is 7.68. The molecule has 0 N–H and O–H groups in total. The molecule has 0 aliphatic carbocycles. The van der Waals surface area contributed by atoms with Gasteiger partial charge in [0, 0.05) is 30.2 Å². The fourth-order valence-corrected chi connectivity index (χ4v) is 6.41. The lowest BCUT2D eigenvalue weighted by molar-refractivity contribution is 0.169. The monoisotopic (exact) mass is 380 g/mol. The van der Waals surface area contributed by atoms with Crippen molar-refractivity contribution in [1.29, 1.82) is 0 Å². The molecule has 0 spiro atoms. The van der Waals surface area contributed by atoms with E-state index in [4.69, 9.17) is 0 Å². The minimum Gasteiger partial charge on any atom is -0.308 e. The highest BCUT2D eigenvalue weighted by atomic mass is 32.2. The number of rotatable bonds is 2. The Balaban J connectivity index is 1.58. The molecule has 2 bridgehead atoms. The molecule has 5 rings (SSSR count). The molecule has 0 unspecified atom stereocenters. The summed E-state index contributed by atoms with van der Waals surface area (Å²) in [6.07, 6.45) is 1.60. The highest BCUT2D eigenvalue weighted by Crippen LogP contribution is 2.36. The summed E-state index contributed by atoms with van der Waals surface area (Å²) in [4.78, 5) is 12.7. The summed E-state index contributed by atoms with van der Waals surface area (Å²) >= 11 is 0. The molecular formula is C21H20N2O3S. The van der Waals surface area contributed by atoms with Crippen LogP contribution in [0.15, 0.2) is 70.4 Å². The van der Waals surface area contributed by atoms with Crippen LogP contribution in [0.2, 0.25) is 0 Å². The van der Waals surface area contributed by atoms with Gasteiger partial charge in [-0.25, -0.2) is 8.42 Å². The molecule has 3 aromatic rings. The topological polar surface area (TPSA) is 59.4 Å². The number of piperidine rings is 1. The van der Waals surface area contributed by atoms with Crippen molar-refractivity contribution in [2.75, 3.05) is 13.1 Å². The van der Waals surface area contributed by atoms with Crippen LogP contribution >= 0.6 is 0 Å². The normalized spacial score (nSPS) is 22.5. The van der Waals surface area contributed by atoms with Crippen LogP contribution in [0.25, 0.3) is 10.8 Å². The SMILES string of the molecule is O=c1cccc2n1[C@H]1C[C@H](C2)CN(S(=O)(=O)c2cccc3ccccc23)C1. The number of fused-ring (bicyclic) bond motifs is 5. The molecule has 0 amide bonds. The van der Waals surface area contributed by atoms with Gasteiger partial charge in [-0.2, -0.15) is 4.31 Å². The first-order valence-corrected chi connectivity index (χ1v) is 10.7. The number of hydrogen-bond acceptors (Lipinski definition) is 3. The smallest absolute Gasteiger partial charge is 0.251 e. The first kappa shape index (κ1) is 16.7. The molecule has 2 aliphatic heterocycles. The fraction of sp³-hybridized carbons (Fsp3) is 0.286. The van der Waals surface area contributed by atoms with Crippen molar-refractivity contribution in [1.82, 2.24) is 8.87 Å². The van der Waals surface area contributed by atoms with Crippen molar-refractivity contribution in [2.24, 2.45) is 5.92 Å². The van der Waals surface area contributed by atoms with Gasteiger partial charge in [-0.3, -0.25) is 4.79 Å². The van der Waals surface area contributed by atoms with Crippen LogP contribution in [-0.2, 0) is 16.4 Å². The largest absolute Gasteiger partial charge is 0.308 e. The predicted molar refractivity (Wildman–Crippen MR) is 104 cm³/mol. The van der Waals surface area contributed by atoms with E-state index in [2.05, 4.69) is 0 Å². The summed E-state index contributed by atoms with van der Waals surface area (Å²) in [5.41, 5.74) is 0.978. The van der Waals surface area contributed by atoms with E-state index in [0.717, 1.165) is 29.3 Å². The van der Waals surface area contributed by atoms with Crippen LogP contribution in [-0.4, -0.2) is 30.4 Å². The molecular weight excluding hydrogens is 360 g/mol. The second-order valence-corrected chi connectivity index (χ2v) is 9.39. The quantitative estimate of drug-likeness (QED) is 0.687. The average molecular weight is 380 g/mol. The Morgan fingerprint density at radius 1 is 0.889 bits per heavy atom. The van der Waals surface area contributed by atoms with Gasteiger partial charge in [-0.05, 0) is 36.3 Å². The van der Waals surface area contributed by atoms with Crippen molar-refractivity contribution in [2.45, 2.75) is 23.8 Å². The van der Waals surface area contributed by atoms with Gasteiger partial charge in [-0.15, -0.1) is 0 Å². The number of pyridine rings is 1.